The Kier molecular flexibility index (Phi) is 5.77. The molecule has 16 heavy (non-hydrogen) atoms. The van der Waals surface area contributed by atoms with E-state index in [1.54, 1.807) is 0 Å². The summed E-state index contributed by atoms with van der Waals surface area (Å²) in [5.41, 5.74) is 5.27. The maximum atomic E-state index is 11.0. The molecule has 0 radical (unpaired) electrons. The molecule has 0 spiro atoms. The van der Waals surface area contributed by atoms with Crippen LogP contribution in [0.3, 0.4) is 0 Å². The second-order valence-corrected chi connectivity index (χ2v) is 4.75. The maximum absolute atomic E-state index is 11.0. The highest BCUT2D eigenvalue weighted by Crippen LogP contribution is 2.23. The Labute approximate surface area is 97.8 Å². The molecule has 0 aromatic heterocycles. The number of nitrogens with two attached hydrogens (primary N) is 1. The van der Waals surface area contributed by atoms with Crippen LogP contribution in [0, 0.1) is 0 Å². The van der Waals surface area contributed by atoms with Crippen LogP contribution in [-0.4, -0.2) is 41.1 Å². The third-order valence-electron chi connectivity index (χ3n) is 3.34. The molecule has 0 aliphatic heterocycles. The van der Waals surface area contributed by atoms with Gasteiger partial charge in [-0.25, -0.2) is 0 Å². The van der Waals surface area contributed by atoms with Gasteiger partial charge in [-0.2, -0.15) is 0 Å². The van der Waals surface area contributed by atoms with Crippen molar-refractivity contribution in [2.75, 3.05) is 13.1 Å². The number of hydrogen-bond donors (Lipinski definition) is 2. The summed E-state index contributed by atoms with van der Waals surface area (Å²) in [4.78, 5) is 13.2. The molecule has 0 aromatic carbocycles. The van der Waals surface area contributed by atoms with E-state index in [0.29, 0.717) is 12.6 Å². The van der Waals surface area contributed by atoms with Gasteiger partial charge in [0.25, 0.3) is 0 Å². The lowest BCUT2D eigenvalue weighted by Gasteiger charge is -2.35. The molecule has 1 rings (SSSR count). The fourth-order valence-electron chi connectivity index (χ4n) is 2.38. The van der Waals surface area contributed by atoms with E-state index in [-0.39, 0.29) is 12.0 Å². The quantitative estimate of drug-likeness (QED) is 0.709. The van der Waals surface area contributed by atoms with Gasteiger partial charge < -0.3 is 10.8 Å². The molecule has 1 aliphatic carbocycles. The number of carbonyl (C=O) groups excluding carboxylic acids is 1. The summed E-state index contributed by atoms with van der Waals surface area (Å²) in [6.45, 7) is 3.45. The Morgan fingerprint density at radius 3 is 2.50 bits per heavy atom. The van der Waals surface area contributed by atoms with Crippen molar-refractivity contribution >= 4 is 5.91 Å². The van der Waals surface area contributed by atoms with Gasteiger partial charge in [0.1, 0.15) is 0 Å². The minimum Gasteiger partial charge on any atom is -0.393 e. The fourth-order valence-corrected chi connectivity index (χ4v) is 2.38. The molecular formula is C12H24N2O2. The number of amides is 1. The van der Waals surface area contributed by atoms with Crippen molar-refractivity contribution in [1.82, 2.24) is 4.90 Å². The van der Waals surface area contributed by atoms with Crippen molar-refractivity contribution in [2.45, 2.75) is 57.6 Å². The third kappa shape index (κ3) is 4.49. The van der Waals surface area contributed by atoms with Crippen LogP contribution in [0.4, 0.5) is 0 Å². The standard InChI is InChI=1S/C12H24N2O2/c1-2-3-8-14(9-12(13)16)10-4-6-11(15)7-5-10/h10-11,15H,2-9H2,1H3,(H2,13,16). The lowest BCUT2D eigenvalue weighted by Crippen LogP contribution is -2.44. The second-order valence-electron chi connectivity index (χ2n) is 4.75. The molecule has 0 atom stereocenters. The molecule has 1 saturated carbocycles. The lowest BCUT2D eigenvalue weighted by atomic mass is 9.92. The predicted octanol–water partition coefficient (Wildman–Crippen LogP) is 0.877. The van der Waals surface area contributed by atoms with Gasteiger partial charge in [0.15, 0.2) is 0 Å². The smallest absolute Gasteiger partial charge is 0.231 e. The average Bonchev–Trinajstić information content (AvgIpc) is 2.25. The molecule has 0 bridgehead atoms. The van der Waals surface area contributed by atoms with Gasteiger partial charge in [0.05, 0.1) is 12.6 Å². The number of primary amides is 1. The average molecular weight is 228 g/mol. The largest absolute Gasteiger partial charge is 0.393 e. The summed E-state index contributed by atoms with van der Waals surface area (Å²) >= 11 is 0. The molecule has 1 amide bonds. The van der Waals surface area contributed by atoms with E-state index in [2.05, 4.69) is 11.8 Å². The van der Waals surface area contributed by atoms with Gasteiger partial charge in [-0.15, -0.1) is 0 Å². The van der Waals surface area contributed by atoms with Gasteiger partial charge >= 0.3 is 0 Å². The first-order valence-electron chi connectivity index (χ1n) is 6.34. The summed E-state index contributed by atoms with van der Waals surface area (Å²) in [5, 5.41) is 9.46. The molecule has 0 aromatic rings. The number of hydrogen-bond acceptors (Lipinski definition) is 3. The topological polar surface area (TPSA) is 66.6 Å². The number of aliphatic hydroxyl groups excluding tert-OH is 1. The SMILES string of the molecule is CCCCN(CC(N)=O)C1CCC(O)CC1. The Morgan fingerprint density at radius 1 is 1.38 bits per heavy atom. The molecule has 94 valence electrons. The predicted molar refractivity (Wildman–Crippen MR) is 63.9 cm³/mol. The summed E-state index contributed by atoms with van der Waals surface area (Å²) in [6.07, 6.45) is 5.77. The van der Waals surface area contributed by atoms with Crippen molar-refractivity contribution in [3.8, 4) is 0 Å². The lowest BCUT2D eigenvalue weighted by molar-refractivity contribution is -0.120. The number of nitrogens with zero attached hydrogens (tertiary/aromatic N) is 1. The van der Waals surface area contributed by atoms with E-state index in [9.17, 15) is 9.90 Å². The van der Waals surface area contributed by atoms with Gasteiger partial charge in [0.2, 0.25) is 5.91 Å². The Balaban J connectivity index is 2.43. The number of unbranched alkanes of at least 4 members (excludes halogenated alkanes) is 1. The van der Waals surface area contributed by atoms with Crippen molar-refractivity contribution in [3.05, 3.63) is 0 Å². The molecule has 4 heteroatoms. The Bertz CT molecular complexity index is 213. The van der Waals surface area contributed by atoms with E-state index in [1.807, 2.05) is 0 Å². The zero-order chi connectivity index (χ0) is 12.0. The van der Waals surface area contributed by atoms with Crippen molar-refractivity contribution in [3.63, 3.8) is 0 Å². The molecule has 1 aliphatic rings. The highest BCUT2D eigenvalue weighted by molar-refractivity contribution is 5.75. The van der Waals surface area contributed by atoms with Crippen LogP contribution in [-0.2, 0) is 4.79 Å². The molecule has 1 fully saturated rings. The van der Waals surface area contributed by atoms with Crippen molar-refractivity contribution < 1.29 is 9.90 Å². The highest BCUT2D eigenvalue weighted by Gasteiger charge is 2.25. The molecule has 4 nitrogen and oxygen atoms in total. The van der Waals surface area contributed by atoms with E-state index in [0.717, 1.165) is 45.1 Å². The van der Waals surface area contributed by atoms with Gasteiger partial charge in [-0.05, 0) is 38.6 Å². The van der Waals surface area contributed by atoms with E-state index in [1.165, 1.54) is 0 Å². The van der Waals surface area contributed by atoms with Crippen LogP contribution >= 0.6 is 0 Å². The molecule has 0 saturated heterocycles. The van der Waals surface area contributed by atoms with Crippen LogP contribution in [0.15, 0.2) is 0 Å². The maximum Gasteiger partial charge on any atom is 0.231 e. The summed E-state index contributed by atoms with van der Waals surface area (Å²) in [6, 6.07) is 0.433. The van der Waals surface area contributed by atoms with E-state index < -0.39 is 0 Å². The number of rotatable bonds is 6. The Morgan fingerprint density at radius 2 is 2.00 bits per heavy atom. The first kappa shape index (κ1) is 13.5. The van der Waals surface area contributed by atoms with Crippen molar-refractivity contribution in [2.24, 2.45) is 5.73 Å². The first-order valence-corrected chi connectivity index (χ1v) is 6.34. The minimum atomic E-state index is -0.248. The first-order chi connectivity index (χ1) is 7.63. The highest BCUT2D eigenvalue weighted by atomic mass is 16.3. The summed E-state index contributed by atoms with van der Waals surface area (Å²) in [5.74, 6) is -0.248. The van der Waals surface area contributed by atoms with Gasteiger partial charge in [-0.3, -0.25) is 9.69 Å². The van der Waals surface area contributed by atoms with Crippen LogP contribution in [0.25, 0.3) is 0 Å². The summed E-state index contributed by atoms with van der Waals surface area (Å²) < 4.78 is 0. The molecular weight excluding hydrogens is 204 g/mol. The molecule has 3 N–H and O–H groups in total. The Hall–Kier alpha value is -0.610. The normalized spacial score (nSPS) is 25.9. The zero-order valence-electron chi connectivity index (χ0n) is 10.2. The van der Waals surface area contributed by atoms with Crippen LogP contribution in [0.1, 0.15) is 45.4 Å². The van der Waals surface area contributed by atoms with Gasteiger partial charge in [0, 0.05) is 6.04 Å². The van der Waals surface area contributed by atoms with Crippen LogP contribution in [0.5, 0.6) is 0 Å². The monoisotopic (exact) mass is 228 g/mol. The second kappa shape index (κ2) is 6.86. The van der Waals surface area contributed by atoms with E-state index >= 15 is 0 Å². The molecule has 0 unspecified atom stereocenters. The number of aliphatic hydroxyl groups is 1. The number of carbonyl (C=O) groups is 1. The molecule has 0 heterocycles. The van der Waals surface area contributed by atoms with Crippen LogP contribution < -0.4 is 5.73 Å². The van der Waals surface area contributed by atoms with Crippen molar-refractivity contribution in [1.29, 1.82) is 0 Å². The van der Waals surface area contributed by atoms with Gasteiger partial charge in [-0.1, -0.05) is 13.3 Å². The summed E-state index contributed by atoms with van der Waals surface area (Å²) in [7, 11) is 0. The fraction of sp³-hybridized carbons (Fsp3) is 0.917. The zero-order valence-corrected chi connectivity index (χ0v) is 10.2. The third-order valence-corrected chi connectivity index (χ3v) is 3.34. The minimum absolute atomic E-state index is 0.141. The van der Waals surface area contributed by atoms with E-state index in [4.69, 9.17) is 5.73 Å². The van der Waals surface area contributed by atoms with Crippen LogP contribution in [0.2, 0.25) is 0 Å².